The summed E-state index contributed by atoms with van der Waals surface area (Å²) in [7, 11) is 0. The van der Waals surface area contributed by atoms with Gasteiger partial charge in [-0.25, -0.2) is 0 Å². The van der Waals surface area contributed by atoms with Crippen LogP contribution in [0.3, 0.4) is 0 Å². The second-order valence-electron chi connectivity index (χ2n) is 3.19. The molecule has 0 bridgehead atoms. The zero-order valence-corrected chi connectivity index (χ0v) is 6.18. The van der Waals surface area contributed by atoms with Crippen molar-refractivity contribution in [3.05, 3.63) is 0 Å². The predicted octanol–water partition coefficient (Wildman–Crippen LogP) is 0.760. The van der Waals surface area contributed by atoms with Crippen LogP contribution in [0.4, 0.5) is 0 Å². The Bertz CT molecular complexity index is 95.1. The SMILES string of the molecule is CC(C)C1(N)CCOC1. The highest BCUT2D eigenvalue weighted by molar-refractivity contribution is 4.90. The summed E-state index contributed by atoms with van der Waals surface area (Å²) in [6, 6.07) is 0. The van der Waals surface area contributed by atoms with Gasteiger partial charge in [-0.2, -0.15) is 0 Å². The van der Waals surface area contributed by atoms with Gasteiger partial charge >= 0.3 is 0 Å². The molecule has 9 heavy (non-hydrogen) atoms. The number of ether oxygens (including phenoxy) is 1. The number of hydrogen-bond acceptors (Lipinski definition) is 2. The van der Waals surface area contributed by atoms with Gasteiger partial charge < -0.3 is 10.5 Å². The highest BCUT2D eigenvalue weighted by Crippen LogP contribution is 2.23. The van der Waals surface area contributed by atoms with E-state index in [9.17, 15) is 0 Å². The van der Waals surface area contributed by atoms with E-state index in [1.807, 2.05) is 0 Å². The second-order valence-corrected chi connectivity index (χ2v) is 3.19. The molecular formula is C7H15NO. The first kappa shape index (κ1) is 7.03. The van der Waals surface area contributed by atoms with E-state index in [-0.39, 0.29) is 5.54 Å². The van der Waals surface area contributed by atoms with Gasteiger partial charge in [-0.1, -0.05) is 13.8 Å². The highest BCUT2D eigenvalue weighted by atomic mass is 16.5. The van der Waals surface area contributed by atoms with Crippen LogP contribution in [0.15, 0.2) is 0 Å². The molecule has 1 aliphatic heterocycles. The fourth-order valence-electron chi connectivity index (χ4n) is 1.05. The van der Waals surface area contributed by atoms with Crippen LogP contribution in [-0.4, -0.2) is 18.8 Å². The molecule has 2 heteroatoms. The molecule has 1 aliphatic rings. The largest absolute Gasteiger partial charge is 0.379 e. The lowest BCUT2D eigenvalue weighted by Gasteiger charge is -2.25. The molecule has 0 spiro atoms. The van der Waals surface area contributed by atoms with Crippen molar-refractivity contribution in [1.29, 1.82) is 0 Å². The van der Waals surface area contributed by atoms with Crippen LogP contribution in [0, 0.1) is 5.92 Å². The minimum Gasteiger partial charge on any atom is -0.379 e. The third-order valence-corrected chi connectivity index (χ3v) is 2.23. The fourth-order valence-corrected chi connectivity index (χ4v) is 1.05. The van der Waals surface area contributed by atoms with Crippen LogP contribution in [0.25, 0.3) is 0 Å². The Labute approximate surface area is 56.4 Å². The lowest BCUT2D eigenvalue weighted by atomic mass is 9.87. The van der Waals surface area contributed by atoms with E-state index < -0.39 is 0 Å². The van der Waals surface area contributed by atoms with E-state index in [4.69, 9.17) is 10.5 Å². The maximum absolute atomic E-state index is 5.98. The van der Waals surface area contributed by atoms with Crippen molar-refractivity contribution in [3.63, 3.8) is 0 Å². The van der Waals surface area contributed by atoms with E-state index in [0.29, 0.717) is 5.92 Å². The average molecular weight is 129 g/mol. The van der Waals surface area contributed by atoms with Crippen LogP contribution in [0.1, 0.15) is 20.3 Å². The maximum atomic E-state index is 5.98. The molecule has 1 rings (SSSR count). The van der Waals surface area contributed by atoms with Crippen molar-refractivity contribution < 1.29 is 4.74 Å². The van der Waals surface area contributed by atoms with Crippen LogP contribution < -0.4 is 5.73 Å². The minimum atomic E-state index is -0.0278. The summed E-state index contributed by atoms with van der Waals surface area (Å²) in [5.41, 5.74) is 5.95. The van der Waals surface area contributed by atoms with E-state index in [1.165, 1.54) is 0 Å². The molecule has 2 nitrogen and oxygen atoms in total. The van der Waals surface area contributed by atoms with Gasteiger partial charge in [-0.15, -0.1) is 0 Å². The van der Waals surface area contributed by atoms with E-state index in [0.717, 1.165) is 19.6 Å². The lowest BCUT2D eigenvalue weighted by molar-refractivity contribution is 0.164. The van der Waals surface area contributed by atoms with Gasteiger partial charge in [0.25, 0.3) is 0 Å². The van der Waals surface area contributed by atoms with Gasteiger partial charge in [0, 0.05) is 12.1 Å². The third-order valence-electron chi connectivity index (χ3n) is 2.23. The molecule has 1 saturated heterocycles. The summed E-state index contributed by atoms with van der Waals surface area (Å²) in [4.78, 5) is 0. The van der Waals surface area contributed by atoms with Gasteiger partial charge in [0.05, 0.1) is 6.61 Å². The molecule has 0 aromatic heterocycles. The molecular weight excluding hydrogens is 114 g/mol. The van der Waals surface area contributed by atoms with Crippen molar-refractivity contribution in [1.82, 2.24) is 0 Å². The summed E-state index contributed by atoms with van der Waals surface area (Å²) in [6.07, 6.45) is 1.02. The van der Waals surface area contributed by atoms with Crippen LogP contribution in [-0.2, 0) is 4.74 Å². The summed E-state index contributed by atoms with van der Waals surface area (Å²) in [5, 5.41) is 0. The third kappa shape index (κ3) is 1.25. The Balaban J connectivity index is 2.51. The number of rotatable bonds is 1. The smallest absolute Gasteiger partial charge is 0.0649 e. The van der Waals surface area contributed by atoms with Gasteiger partial charge in [-0.3, -0.25) is 0 Å². The average Bonchev–Trinajstić information content (AvgIpc) is 2.16. The molecule has 0 aliphatic carbocycles. The second kappa shape index (κ2) is 2.27. The van der Waals surface area contributed by atoms with Gasteiger partial charge in [0.2, 0.25) is 0 Å². The molecule has 0 aromatic carbocycles. The molecule has 1 unspecified atom stereocenters. The summed E-state index contributed by atoms with van der Waals surface area (Å²) in [6.45, 7) is 5.88. The standard InChI is InChI=1S/C7H15NO/c1-6(2)7(8)3-4-9-5-7/h6H,3-5,8H2,1-2H3. The van der Waals surface area contributed by atoms with E-state index in [2.05, 4.69) is 13.8 Å². The molecule has 1 fully saturated rings. The quantitative estimate of drug-likeness (QED) is 0.567. The molecule has 0 amide bonds. The van der Waals surface area contributed by atoms with E-state index >= 15 is 0 Å². The first-order chi connectivity index (χ1) is 4.15. The molecule has 0 aromatic rings. The minimum absolute atomic E-state index is 0.0278. The first-order valence-electron chi connectivity index (χ1n) is 3.52. The topological polar surface area (TPSA) is 35.2 Å². The Kier molecular flexibility index (Phi) is 1.78. The van der Waals surface area contributed by atoms with Crippen molar-refractivity contribution in [2.24, 2.45) is 11.7 Å². The monoisotopic (exact) mass is 129 g/mol. The zero-order valence-electron chi connectivity index (χ0n) is 6.18. The number of nitrogens with two attached hydrogens (primary N) is 1. The fraction of sp³-hybridized carbons (Fsp3) is 1.00. The maximum Gasteiger partial charge on any atom is 0.0649 e. The summed E-state index contributed by atoms with van der Waals surface area (Å²) >= 11 is 0. The Hall–Kier alpha value is -0.0800. The lowest BCUT2D eigenvalue weighted by Crippen LogP contribution is -2.45. The Morgan fingerprint density at radius 1 is 1.56 bits per heavy atom. The van der Waals surface area contributed by atoms with E-state index in [1.54, 1.807) is 0 Å². The highest BCUT2D eigenvalue weighted by Gasteiger charge is 2.33. The van der Waals surface area contributed by atoms with Crippen molar-refractivity contribution in [3.8, 4) is 0 Å². The van der Waals surface area contributed by atoms with Crippen LogP contribution in [0.5, 0.6) is 0 Å². The molecule has 0 radical (unpaired) electrons. The molecule has 0 saturated carbocycles. The normalized spacial score (nSPS) is 36.0. The molecule has 1 atom stereocenters. The number of hydrogen-bond donors (Lipinski definition) is 1. The summed E-state index contributed by atoms with van der Waals surface area (Å²) in [5.74, 6) is 0.542. The van der Waals surface area contributed by atoms with Crippen LogP contribution >= 0.6 is 0 Å². The Morgan fingerprint density at radius 2 is 2.22 bits per heavy atom. The molecule has 2 N–H and O–H groups in total. The first-order valence-corrected chi connectivity index (χ1v) is 3.52. The molecule has 1 heterocycles. The zero-order chi connectivity index (χ0) is 6.91. The van der Waals surface area contributed by atoms with Crippen molar-refractivity contribution in [2.75, 3.05) is 13.2 Å². The van der Waals surface area contributed by atoms with Gasteiger partial charge in [-0.05, 0) is 12.3 Å². The van der Waals surface area contributed by atoms with Gasteiger partial charge in [0.1, 0.15) is 0 Å². The summed E-state index contributed by atoms with van der Waals surface area (Å²) < 4.78 is 5.20. The van der Waals surface area contributed by atoms with Crippen molar-refractivity contribution >= 4 is 0 Å². The molecule has 54 valence electrons. The van der Waals surface area contributed by atoms with Crippen LogP contribution in [0.2, 0.25) is 0 Å². The van der Waals surface area contributed by atoms with Crippen molar-refractivity contribution in [2.45, 2.75) is 25.8 Å². The van der Waals surface area contributed by atoms with Gasteiger partial charge in [0.15, 0.2) is 0 Å². The Morgan fingerprint density at radius 3 is 2.44 bits per heavy atom. The predicted molar refractivity (Wildman–Crippen MR) is 37.2 cm³/mol.